The minimum atomic E-state index is 0.259. The molecule has 0 radical (unpaired) electrons. The minimum absolute atomic E-state index is 0.259. The Morgan fingerprint density at radius 3 is 2.30 bits per heavy atom. The first-order valence-corrected chi connectivity index (χ1v) is 12.5. The van der Waals surface area contributed by atoms with Gasteiger partial charge in [0.1, 0.15) is 0 Å². The molecule has 3 saturated carbocycles. The molecule has 3 aliphatic carbocycles. The molecule has 3 fully saturated rings. The van der Waals surface area contributed by atoms with Crippen molar-refractivity contribution in [1.82, 2.24) is 0 Å². The molecular weight excluding hydrogens is 395 g/mol. The number of rotatable bonds is 7. The summed E-state index contributed by atoms with van der Waals surface area (Å²) in [6.45, 7) is 5.05. The molecule has 0 heterocycles. The van der Waals surface area contributed by atoms with E-state index in [0.717, 1.165) is 22.6 Å². The number of ether oxygens (including phenoxy) is 1. The fourth-order valence-corrected chi connectivity index (χ4v) is 8.89. The molecule has 0 amide bonds. The van der Waals surface area contributed by atoms with Gasteiger partial charge in [-0.15, -0.1) is 0 Å². The topological polar surface area (TPSA) is 9.23 Å². The van der Waals surface area contributed by atoms with Crippen LogP contribution in [0.4, 0.5) is 0 Å². The summed E-state index contributed by atoms with van der Waals surface area (Å²) in [5, 5.41) is 1.20. The molecule has 1 nitrogen and oxygen atoms in total. The molecule has 1 unspecified atom stereocenters. The van der Waals surface area contributed by atoms with E-state index in [9.17, 15) is 0 Å². The van der Waals surface area contributed by atoms with Crippen molar-refractivity contribution < 1.29 is 4.74 Å². The van der Waals surface area contributed by atoms with Crippen LogP contribution in [-0.2, 0) is 11.2 Å². The van der Waals surface area contributed by atoms with Gasteiger partial charge in [-0.25, -0.2) is 0 Å². The second-order valence-electron chi connectivity index (χ2n) is 8.96. The van der Waals surface area contributed by atoms with E-state index in [1.54, 1.807) is 0 Å². The van der Waals surface area contributed by atoms with Gasteiger partial charge >= 0.3 is 171 Å². The SMILES string of the molecule is COC(C[Se][C@@H]1C[C@H]2C[C@@H]([C@@H]1Cc1ccccc1)C2(C)C)c1ccccc1. The van der Waals surface area contributed by atoms with Crippen LogP contribution in [0.15, 0.2) is 60.7 Å². The molecule has 3 aliphatic rings. The molecule has 5 atom stereocenters. The Balaban J connectivity index is 1.47. The van der Waals surface area contributed by atoms with Gasteiger partial charge in [-0.1, -0.05) is 0 Å². The quantitative estimate of drug-likeness (QED) is 0.478. The van der Waals surface area contributed by atoms with Crippen molar-refractivity contribution in [2.45, 2.75) is 49.3 Å². The summed E-state index contributed by atoms with van der Waals surface area (Å²) in [5.41, 5.74) is 3.41. The summed E-state index contributed by atoms with van der Waals surface area (Å²) in [7, 11) is 1.87. The van der Waals surface area contributed by atoms with Crippen molar-refractivity contribution in [3.63, 3.8) is 0 Å². The third-order valence-electron chi connectivity index (χ3n) is 7.29. The number of methoxy groups -OCH3 is 1. The number of hydrogen-bond donors (Lipinski definition) is 0. The molecular formula is C25H32OSe. The van der Waals surface area contributed by atoms with Crippen LogP contribution in [-0.4, -0.2) is 22.1 Å². The van der Waals surface area contributed by atoms with Gasteiger partial charge in [-0.05, 0) is 0 Å². The molecule has 27 heavy (non-hydrogen) atoms. The van der Waals surface area contributed by atoms with E-state index in [2.05, 4.69) is 74.5 Å². The maximum absolute atomic E-state index is 5.88. The van der Waals surface area contributed by atoms with Gasteiger partial charge in [0, 0.05) is 0 Å². The zero-order valence-corrected chi connectivity index (χ0v) is 18.5. The monoisotopic (exact) mass is 428 g/mol. The molecule has 2 aromatic carbocycles. The van der Waals surface area contributed by atoms with Crippen molar-refractivity contribution in [2.24, 2.45) is 23.2 Å². The number of benzene rings is 2. The van der Waals surface area contributed by atoms with E-state index in [4.69, 9.17) is 4.74 Å². The summed E-state index contributed by atoms with van der Waals surface area (Å²) in [6.07, 6.45) is 4.42. The first-order chi connectivity index (χ1) is 13.1. The van der Waals surface area contributed by atoms with E-state index in [1.165, 1.54) is 35.7 Å². The van der Waals surface area contributed by atoms with Gasteiger partial charge in [0.15, 0.2) is 0 Å². The van der Waals surface area contributed by atoms with Crippen LogP contribution in [0.2, 0.25) is 10.1 Å². The summed E-state index contributed by atoms with van der Waals surface area (Å²) >= 11 is 0.628. The van der Waals surface area contributed by atoms with Gasteiger partial charge in [0.2, 0.25) is 0 Å². The third kappa shape index (κ3) is 3.90. The van der Waals surface area contributed by atoms with Crippen LogP contribution in [0, 0.1) is 23.2 Å². The van der Waals surface area contributed by atoms with Crippen LogP contribution < -0.4 is 0 Å². The molecule has 2 bridgehead atoms. The Morgan fingerprint density at radius 1 is 1.00 bits per heavy atom. The van der Waals surface area contributed by atoms with E-state index < -0.39 is 0 Å². The molecule has 0 N–H and O–H groups in total. The fourth-order valence-electron chi connectivity index (χ4n) is 5.43. The van der Waals surface area contributed by atoms with Crippen molar-refractivity contribution in [2.75, 3.05) is 7.11 Å². The standard InChI is InChI=1S/C25H32OSe/c1-25(2)20-15-22(25)21(14-18-10-6-4-7-11-18)24(16-20)27-17-23(26-3)19-12-8-5-9-13-19/h4-13,20-24H,14-17H2,1-3H3/t20-,21+,22+,23?,24-/m1/s1. The molecule has 5 rings (SSSR count). The fraction of sp³-hybridized carbons (Fsp3) is 0.520. The van der Waals surface area contributed by atoms with Gasteiger partial charge in [-0.2, -0.15) is 0 Å². The van der Waals surface area contributed by atoms with Gasteiger partial charge in [0.05, 0.1) is 0 Å². The number of hydrogen-bond acceptors (Lipinski definition) is 1. The van der Waals surface area contributed by atoms with Crippen molar-refractivity contribution in [3.8, 4) is 0 Å². The summed E-state index contributed by atoms with van der Waals surface area (Å²) in [6, 6.07) is 22.0. The maximum atomic E-state index is 5.88. The van der Waals surface area contributed by atoms with E-state index >= 15 is 0 Å². The van der Waals surface area contributed by atoms with Gasteiger partial charge < -0.3 is 0 Å². The van der Waals surface area contributed by atoms with Crippen LogP contribution in [0.5, 0.6) is 0 Å². The van der Waals surface area contributed by atoms with Crippen LogP contribution in [0.1, 0.15) is 43.9 Å². The summed E-state index contributed by atoms with van der Waals surface area (Å²) in [4.78, 5) is 0.899. The van der Waals surface area contributed by atoms with Gasteiger partial charge in [-0.3, -0.25) is 0 Å². The van der Waals surface area contributed by atoms with Crippen molar-refractivity contribution in [1.29, 1.82) is 0 Å². The normalized spacial score (nSPS) is 29.7. The molecule has 0 spiro atoms. The van der Waals surface area contributed by atoms with Crippen molar-refractivity contribution >= 4 is 15.0 Å². The third-order valence-corrected chi connectivity index (χ3v) is 10.4. The Hall–Kier alpha value is -1.08. The zero-order chi connectivity index (χ0) is 18.9. The first-order valence-electron chi connectivity index (χ1n) is 10.3. The predicted octanol–water partition coefficient (Wildman–Crippen LogP) is 6.21. The molecule has 2 aromatic rings. The molecule has 2 heteroatoms. The average Bonchev–Trinajstić information content (AvgIpc) is 2.70. The Bertz CT molecular complexity index is 727. The zero-order valence-electron chi connectivity index (χ0n) is 16.8. The first kappa shape index (κ1) is 19.2. The molecule has 0 saturated heterocycles. The van der Waals surface area contributed by atoms with Crippen LogP contribution in [0.3, 0.4) is 0 Å². The Kier molecular flexibility index (Phi) is 5.78. The van der Waals surface area contributed by atoms with Gasteiger partial charge in [0.25, 0.3) is 0 Å². The van der Waals surface area contributed by atoms with Crippen LogP contribution >= 0.6 is 0 Å². The van der Waals surface area contributed by atoms with E-state index in [-0.39, 0.29) is 6.10 Å². The average molecular weight is 427 g/mol. The molecule has 0 aromatic heterocycles. The second kappa shape index (κ2) is 8.11. The molecule has 0 aliphatic heterocycles. The Labute approximate surface area is 171 Å². The second-order valence-corrected chi connectivity index (χ2v) is 11.6. The van der Waals surface area contributed by atoms with E-state index in [1.807, 2.05) is 7.11 Å². The summed E-state index contributed by atoms with van der Waals surface area (Å²) in [5.74, 6) is 2.70. The predicted molar refractivity (Wildman–Crippen MR) is 114 cm³/mol. The summed E-state index contributed by atoms with van der Waals surface area (Å²) < 4.78 is 5.88. The van der Waals surface area contributed by atoms with E-state index in [0.29, 0.717) is 20.4 Å². The Morgan fingerprint density at radius 2 is 1.67 bits per heavy atom. The molecule has 144 valence electrons. The van der Waals surface area contributed by atoms with Crippen molar-refractivity contribution in [3.05, 3.63) is 71.8 Å². The van der Waals surface area contributed by atoms with Crippen LogP contribution in [0.25, 0.3) is 0 Å². The number of fused-ring (bicyclic) bond motifs is 2.